The number of rotatable bonds is 2. The van der Waals surface area contributed by atoms with Gasteiger partial charge in [-0.1, -0.05) is 12.1 Å². The van der Waals surface area contributed by atoms with Crippen LogP contribution in [0.2, 0.25) is 0 Å². The van der Waals surface area contributed by atoms with Crippen LogP contribution in [0.25, 0.3) is 0 Å². The van der Waals surface area contributed by atoms with E-state index in [0.717, 1.165) is 9.80 Å². The molecule has 0 unspecified atom stereocenters. The third kappa shape index (κ3) is 2.39. The number of halogens is 2. The standard InChI is InChI=1S/C20H18F2N2O5/c21-20(22)12-7-9-5-6-14(19(28)29)23(9)18(27)15(8-13(12)20)24-16(25)10-3-1-2-4-11(10)17(24)26/h1-4,9,12-15H,5-8H2,(H,28,29)/t9-,12-,13+,14+,15+/m1/s1. The smallest absolute Gasteiger partial charge is 0.326 e. The number of carboxylic acid groups (broad SMARTS) is 1. The second-order valence-corrected chi connectivity index (χ2v) is 8.23. The Morgan fingerprint density at radius 3 is 2.17 bits per heavy atom. The van der Waals surface area contributed by atoms with Gasteiger partial charge in [0.05, 0.1) is 11.1 Å². The van der Waals surface area contributed by atoms with Crippen molar-refractivity contribution in [3.8, 4) is 0 Å². The molecular weight excluding hydrogens is 386 g/mol. The number of nitrogens with zero attached hydrogens (tertiary/aromatic N) is 2. The molecule has 9 heteroatoms. The fourth-order valence-corrected chi connectivity index (χ4v) is 5.31. The topological polar surface area (TPSA) is 95.0 Å². The Kier molecular flexibility index (Phi) is 3.66. The van der Waals surface area contributed by atoms with E-state index in [1.54, 1.807) is 12.1 Å². The molecule has 0 spiro atoms. The van der Waals surface area contributed by atoms with E-state index in [0.29, 0.717) is 6.42 Å². The van der Waals surface area contributed by atoms with Crippen LogP contribution in [0, 0.1) is 11.8 Å². The van der Waals surface area contributed by atoms with Crippen molar-refractivity contribution in [2.24, 2.45) is 11.8 Å². The van der Waals surface area contributed by atoms with Gasteiger partial charge in [-0.15, -0.1) is 0 Å². The van der Waals surface area contributed by atoms with E-state index in [-0.39, 0.29) is 30.4 Å². The SMILES string of the molecule is O=C(O)[C@@H]1CC[C@@H]2C[C@@H]3[C@H](C[C@H](N4C(=O)c5ccccc5C4=O)C(=O)N21)C3(F)F. The summed E-state index contributed by atoms with van der Waals surface area (Å²) in [6, 6.07) is 2.89. The molecule has 3 amide bonds. The lowest BCUT2D eigenvalue weighted by atomic mass is 9.98. The number of carboxylic acids is 1. The largest absolute Gasteiger partial charge is 0.480 e. The number of hydrogen-bond acceptors (Lipinski definition) is 4. The molecule has 1 N–H and O–H groups in total. The minimum Gasteiger partial charge on any atom is -0.480 e. The van der Waals surface area contributed by atoms with Gasteiger partial charge in [-0.25, -0.2) is 13.6 Å². The summed E-state index contributed by atoms with van der Waals surface area (Å²) in [5, 5.41) is 9.52. The summed E-state index contributed by atoms with van der Waals surface area (Å²) in [6.07, 6.45) is 0.180. The lowest BCUT2D eigenvalue weighted by molar-refractivity contribution is -0.152. The van der Waals surface area contributed by atoms with Gasteiger partial charge in [0.25, 0.3) is 17.7 Å². The predicted molar refractivity (Wildman–Crippen MR) is 93.2 cm³/mol. The van der Waals surface area contributed by atoms with E-state index >= 15 is 0 Å². The molecule has 0 radical (unpaired) electrons. The fraction of sp³-hybridized carbons (Fsp3) is 0.500. The molecule has 3 heterocycles. The van der Waals surface area contributed by atoms with Gasteiger partial charge in [0.1, 0.15) is 12.1 Å². The lowest BCUT2D eigenvalue weighted by Crippen LogP contribution is -2.56. The van der Waals surface area contributed by atoms with Crippen molar-refractivity contribution in [3.63, 3.8) is 0 Å². The monoisotopic (exact) mass is 404 g/mol. The predicted octanol–water partition coefficient (Wildman–Crippen LogP) is 1.77. The zero-order valence-corrected chi connectivity index (χ0v) is 15.3. The van der Waals surface area contributed by atoms with Crippen molar-refractivity contribution in [3.05, 3.63) is 35.4 Å². The van der Waals surface area contributed by atoms with Crippen LogP contribution < -0.4 is 0 Å². The van der Waals surface area contributed by atoms with Crippen LogP contribution in [0.3, 0.4) is 0 Å². The first kappa shape index (κ1) is 18.2. The number of hydrogen-bond donors (Lipinski definition) is 1. The maximum Gasteiger partial charge on any atom is 0.326 e. The Hall–Kier alpha value is -2.84. The van der Waals surface area contributed by atoms with E-state index in [1.165, 1.54) is 12.1 Å². The first-order valence-electron chi connectivity index (χ1n) is 9.63. The van der Waals surface area contributed by atoms with Crippen molar-refractivity contribution < 1.29 is 33.1 Å². The first-order valence-corrected chi connectivity index (χ1v) is 9.63. The normalized spacial score (nSPS) is 35.0. The molecule has 1 aliphatic carbocycles. The maximum absolute atomic E-state index is 14.4. The highest BCUT2D eigenvalue weighted by atomic mass is 19.3. The molecule has 1 aromatic rings. The Morgan fingerprint density at radius 2 is 1.59 bits per heavy atom. The molecule has 0 bridgehead atoms. The van der Waals surface area contributed by atoms with Crippen LogP contribution in [-0.4, -0.2) is 62.6 Å². The van der Waals surface area contributed by atoms with Gasteiger partial charge < -0.3 is 10.0 Å². The van der Waals surface area contributed by atoms with Gasteiger partial charge in [0.2, 0.25) is 5.91 Å². The number of imide groups is 1. The Morgan fingerprint density at radius 1 is 1.00 bits per heavy atom. The van der Waals surface area contributed by atoms with Gasteiger partial charge in [0, 0.05) is 17.9 Å². The summed E-state index contributed by atoms with van der Waals surface area (Å²) in [7, 11) is 0. The first-order chi connectivity index (χ1) is 13.7. The molecule has 7 nitrogen and oxygen atoms in total. The van der Waals surface area contributed by atoms with E-state index in [4.69, 9.17) is 0 Å². The average Bonchev–Trinajstić information content (AvgIpc) is 2.98. The number of alkyl halides is 2. The summed E-state index contributed by atoms with van der Waals surface area (Å²) in [5.41, 5.74) is 0.249. The Bertz CT molecular complexity index is 929. The minimum atomic E-state index is -2.98. The van der Waals surface area contributed by atoms with Gasteiger partial charge in [-0.3, -0.25) is 19.3 Å². The minimum absolute atomic E-state index is 0.0437. The van der Waals surface area contributed by atoms with Crippen molar-refractivity contribution in [1.82, 2.24) is 9.80 Å². The van der Waals surface area contributed by atoms with Crippen molar-refractivity contribution >= 4 is 23.7 Å². The third-order valence-electron chi connectivity index (χ3n) is 6.83. The number of fused-ring (bicyclic) bond motifs is 3. The molecule has 29 heavy (non-hydrogen) atoms. The highest BCUT2D eigenvalue weighted by molar-refractivity contribution is 6.22. The van der Waals surface area contributed by atoms with Crippen molar-refractivity contribution in [1.29, 1.82) is 0 Å². The van der Waals surface area contributed by atoms with Gasteiger partial charge in [-0.2, -0.15) is 0 Å². The van der Waals surface area contributed by atoms with E-state index in [1.807, 2.05) is 0 Å². The number of benzene rings is 1. The second kappa shape index (κ2) is 5.84. The van der Waals surface area contributed by atoms with Gasteiger partial charge in [-0.05, 0) is 37.8 Å². The highest BCUT2D eigenvalue weighted by Gasteiger charge is 2.70. The lowest BCUT2D eigenvalue weighted by Gasteiger charge is -2.36. The zero-order chi connectivity index (χ0) is 20.7. The van der Waals surface area contributed by atoms with Crippen LogP contribution in [0.1, 0.15) is 46.4 Å². The molecular formula is C20H18F2N2O5. The molecule has 1 aromatic carbocycles. The summed E-state index contributed by atoms with van der Waals surface area (Å²) in [6.45, 7) is 0. The molecule has 3 aliphatic heterocycles. The molecule has 1 saturated carbocycles. The average molecular weight is 404 g/mol. The Balaban J connectivity index is 1.56. The highest BCUT2D eigenvalue weighted by Crippen LogP contribution is 2.61. The molecule has 3 fully saturated rings. The number of carbonyl (C=O) groups excluding carboxylic acids is 3. The zero-order valence-electron chi connectivity index (χ0n) is 15.3. The summed E-state index contributed by atoms with van der Waals surface area (Å²) in [5.74, 6) is -8.37. The van der Waals surface area contributed by atoms with Gasteiger partial charge >= 0.3 is 5.97 Å². The number of amides is 3. The number of aliphatic carboxylic acids is 1. The molecule has 5 rings (SSSR count). The summed E-state index contributed by atoms with van der Waals surface area (Å²) < 4.78 is 28.8. The third-order valence-corrected chi connectivity index (χ3v) is 6.83. The van der Waals surface area contributed by atoms with Crippen LogP contribution in [-0.2, 0) is 9.59 Å². The van der Waals surface area contributed by atoms with Crippen LogP contribution in [0.5, 0.6) is 0 Å². The summed E-state index contributed by atoms with van der Waals surface area (Å²) in [4.78, 5) is 52.7. The maximum atomic E-state index is 14.4. The van der Waals surface area contributed by atoms with Gasteiger partial charge in [0.15, 0.2) is 0 Å². The molecule has 5 atom stereocenters. The van der Waals surface area contributed by atoms with E-state index in [2.05, 4.69) is 0 Å². The fourth-order valence-electron chi connectivity index (χ4n) is 5.31. The number of carbonyl (C=O) groups is 4. The summed E-state index contributed by atoms with van der Waals surface area (Å²) >= 11 is 0. The van der Waals surface area contributed by atoms with Crippen molar-refractivity contribution in [2.45, 2.75) is 49.7 Å². The molecule has 152 valence electrons. The molecule has 0 aromatic heterocycles. The molecule has 2 saturated heterocycles. The second-order valence-electron chi connectivity index (χ2n) is 8.23. The van der Waals surface area contributed by atoms with E-state index in [9.17, 15) is 33.1 Å². The van der Waals surface area contributed by atoms with Crippen LogP contribution in [0.4, 0.5) is 8.78 Å². The Labute approximate surface area is 164 Å². The van der Waals surface area contributed by atoms with Crippen LogP contribution >= 0.6 is 0 Å². The quantitative estimate of drug-likeness (QED) is 0.758. The van der Waals surface area contributed by atoms with Crippen molar-refractivity contribution in [2.75, 3.05) is 0 Å². The van der Waals surface area contributed by atoms with Crippen LogP contribution in [0.15, 0.2) is 24.3 Å². The molecule has 4 aliphatic rings. The van der Waals surface area contributed by atoms with E-state index < -0.39 is 59.6 Å².